The van der Waals surface area contributed by atoms with Gasteiger partial charge in [-0.1, -0.05) is 29.8 Å². The molecule has 0 saturated heterocycles. The number of methoxy groups -OCH3 is 1. The summed E-state index contributed by atoms with van der Waals surface area (Å²) in [5.41, 5.74) is 3.48. The van der Waals surface area contributed by atoms with Crippen molar-refractivity contribution in [2.45, 2.75) is 6.42 Å². The monoisotopic (exact) mass is 452 g/mol. The van der Waals surface area contributed by atoms with Gasteiger partial charge in [0.1, 0.15) is 28.2 Å². The van der Waals surface area contributed by atoms with E-state index in [-0.39, 0.29) is 19.1 Å². The van der Waals surface area contributed by atoms with Gasteiger partial charge in [-0.2, -0.15) is 0 Å². The first-order chi connectivity index (χ1) is 15.6. The third kappa shape index (κ3) is 4.82. The first-order valence-electron chi connectivity index (χ1n) is 9.90. The second kappa shape index (κ2) is 9.67. The molecule has 0 saturated carbocycles. The van der Waals surface area contributed by atoms with Crippen LogP contribution in [0.2, 0.25) is 5.02 Å². The molecular weight excluding hydrogens is 432 g/mol. The number of hydrogen-bond donors (Lipinski definition) is 2. The lowest BCUT2D eigenvalue weighted by Crippen LogP contribution is -2.20. The van der Waals surface area contributed by atoms with E-state index in [1.807, 2.05) is 36.4 Å². The Morgan fingerprint density at radius 2 is 1.78 bits per heavy atom. The number of carbonyl (C=O) groups is 1. The van der Waals surface area contributed by atoms with Crippen molar-refractivity contribution in [1.29, 1.82) is 0 Å². The van der Waals surface area contributed by atoms with Crippen LogP contribution in [0, 0.1) is 0 Å². The zero-order chi connectivity index (χ0) is 22.5. The summed E-state index contributed by atoms with van der Waals surface area (Å²) in [5, 5.41) is 21.4. The van der Waals surface area contributed by atoms with Crippen LogP contribution in [-0.2, 0) is 11.2 Å². The SMILES string of the molecule is COc1ccc(NC(=O)COc2ccc(CCO)cc2-n2nc3ccccc3n2)cc1Cl. The quantitative estimate of drug-likeness (QED) is 0.423. The summed E-state index contributed by atoms with van der Waals surface area (Å²) in [6.45, 7) is -0.211. The molecule has 0 fully saturated rings. The fraction of sp³-hybridized carbons (Fsp3) is 0.174. The molecule has 1 heterocycles. The van der Waals surface area contributed by atoms with E-state index in [9.17, 15) is 9.90 Å². The van der Waals surface area contributed by atoms with Crippen LogP contribution < -0.4 is 14.8 Å². The van der Waals surface area contributed by atoms with E-state index in [0.29, 0.717) is 34.3 Å². The number of carbonyl (C=O) groups excluding carboxylic acids is 1. The lowest BCUT2D eigenvalue weighted by atomic mass is 10.1. The van der Waals surface area contributed by atoms with Crippen molar-refractivity contribution >= 4 is 34.2 Å². The summed E-state index contributed by atoms with van der Waals surface area (Å²) < 4.78 is 10.9. The number of halogens is 1. The van der Waals surface area contributed by atoms with Crippen molar-refractivity contribution in [2.75, 3.05) is 25.6 Å². The number of aromatic nitrogens is 3. The van der Waals surface area contributed by atoms with Crippen LogP contribution in [0.1, 0.15) is 5.56 Å². The highest BCUT2D eigenvalue weighted by Crippen LogP contribution is 2.28. The molecule has 0 unspecified atom stereocenters. The van der Waals surface area contributed by atoms with Crippen LogP contribution in [-0.4, -0.2) is 46.3 Å². The summed E-state index contributed by atoms with van der Waals surface area (Å²) in [5.74, 6) is 0.609. The Kier molecular flexibility index (Phi) is 6.53. The average molecular weight is 453 g/mol. The van der Waals surface area contributed by atoms with Crippen molar-refractivity contribution in [3.8, 4) is 17.2 Å². The van der Waals surface area contributed by atoms with Gasteiger partial charge in [-0.25, -0.2) is 0 Å². The number of hydrogen-bond acceptors (Lipinski definition) is 6. The number of fused-ring (bicyclic) bond motifs is 1. The lowest BCUT2D eigenvalue weighted by molar-refractivity contribution is -0.118. The first kappa shape index (κ1) is 21.6. The van der Waals surface area contributed by atoms with Gasteiger partial charge in [0.15, 0.2) is 6.61 Å². The molecule has 1 aromatic heterocycles. The number of anilines is 1. The van der Waals surface area contributed by atoms with E-state index < -0.39 is 0 Å². The largest absolute Gasteiger partial charge is 0.495 e. The Labute approximate surface area is 189 Å². The van der Waals surface area contributed by atoms with Gasteiger partial charge in [-0.15, -0.1) is 15.0 Å². The number of aliphatic hydroxyl groups excluding tert-OH is 1. The van der Waals surface area contributed by atoms with Gasteiger partial charge in [0.25, 0.3) is 5.91 Å². The highest BCUT2D eigenvalue weighted by atomic mass is 35.5. The van der Waals surface area contributed by atoms with Crippen molar-refractivity contribution in [3.05, 3.63) is 71.2 Å². The third-order valence-electron chi connectivity index (χ3n) is 4.72. The summed E-state index contributed by atoms with van der Waals surface area (Å²) in [4.78, 5) is 13.9. The van der Waals surface area contributed by atoms with Crippen LogP contribution in [0.15, 0.2) is 60.7 Å². The maximum absolute atomic E-state index is 12.4. The molecule has 4 aromatic rings. The minimum atomic E-state index is -0.352. The minimum Gasteiger partial charge on any atom is -0.495 e. The molecule has 3 aromatic carbocycles. The van der Waals surface area contributed by atoms with Crippen LogP contribution in [0.5, 0.6) is 11.5 Å². The lowest BCUT2D eigenvalue weighted by Gasteiger charge is -2.13. The third-order valence-corrected chi connectivity index (χ3v) is 5.02. The molecule has 8 nitrogen and oxygen atoms in total. The summed E-state index contributed by atoms with van der Waals surface area (Å²) in [7, 11) is 1.52. The minimum absolute atomic E-state index is 0.0149. The van der Waals surface area contributed by atoms with Crippen molar-refractivity contribution < 1.29 is 19.4 Å². The predicted molar refractivity (Wildman–Crippen MR) is 122 cm³/mol. The van der Waals surface area contributed by atoms with E-state index in [2.05, 4.69) is 15.5 Å². The van der Waals surface area contributed by atoms with Gasteiger partial charge in [-0.05, 0) is 54.4 Å². The number of nitrogens with zero attached hydrogens (tertiary/aromatic N) is 3. The van der Waals surface area contributed by atoms with Crippen molar-refractivity contribution in [3.63, 3.8) is 0 Å². The second-order valence-corrected chi connectivity index (χ2v) is 7.35. The molecule has 0 spiro atoms. The topological polar surface area (TPSA) is 98.5 Å². The molecule has 0 aliphatic rings. The molecule has 2 N–H and O–H groups in total. The van der Waals surface area contributed by atoms with E-state index in [1.165, 1.54) is 11.9 Å². The Morgan fingerprint density at radius 1 is 1.06 bits per heavy atom. The maximum atomic E-state index is 12.4. The molecular formula is C23H21ClN4O4. The molecule has 32 heavy (non-hydrogen) atoms. The summed E-state index contributed by atoms with van der Waals surface area (Å²) in [6.07, 6.45) is 0.479. The van der Waals surface area contributed by atoms with E-state index in [4.69, 9.17) is 21.1 Å². The molecule has 0 aliphatic carbocycles. The zero-order valence-electron chi connectivity index (χ0n) is 17.3. The van der Waals surface area contributed by atoms with Gasteiger partial charge < -0.3 is 19.9 Å². The highest BCUT2D eigenvalue weighted by molar-refractivity contribution is 6.32. The fourth-order valence-corrected chi connectivity index (χ4v) is 3.44. The average Bonchev–Trinajstić information content (AvgIpc) is 3.23. The zero-order valence-corrected chi connectivity index (χ0v) is 18.0. The number of aliphatic hydroxyl groups is 1. The number of amides is 1. The molecule has 0 radical (unpaired) electrons. The maximum Gasteiger partial charge on any atom is 0.262 e. The fourth-order valence-electron chi connectivity index (χ4n) is 3.18. The molecule has 9 heteroatoms. The van der Waals surface area contributed by atoms with E-state index in [1.54, 1.807) is 24.3 Å². The molecule has 164 valence electrons. The molecule has 1 amide bonds. The van der Waals surface area contributed by atoms with Crippen molar-refractivity contribution in [2.24, 2.45) is 0 Å². The van der Waals surface area contributed by atoms with Gasteiger partial charge in [0.2, 0.25) is 0 Å². The molecule has 0 atom stereocenters. The Balaban J connectivity index is 1.53. The Bertz CT molecular complexity index is 1220. The first-order valence-corrected chi connectivity index (χ1v) is 10.3. The molecule has 0 bridgehead atoms. The van der Waals surface area contributed by atoms with E-state index >= 15 is 0 Å². The smallest absolute Gasteiger partial charge is 0.262 e. The number of benzene rings is 3. The van der Waals surface area contributed by atoms with E-state index in [0.717, 1.165) is 16.6 Å². The van der Waals surface area contributed by atoms with Gasteiger partial charge in [0, 0.05) is 12.3 Å². The van der Waals surface area contributed by atoms with Crippen LogP contribution >= 0.6 is 11.6 Å². The van der Waals surface area contributed by atoms with Gasteiger partial charge in [-0.3, -0.25) is 4.79 Å². The number of rotatable bonds is 8. The van der Waals surface area contributed by atoms with Crippen LogP contribution in [0.3, 0.4) is 0 Å². The molecule has 4 rings (SSSR count). The van der Waals surface area contributed by atoms with Crippen molar-refractivity contribution in [1.82, 2.24) is 15.0 Å². The number of nitrogens with one attached hydrogen (secondary N) is 1. The van der Waals surface area contributed by atoms with Gasteiger partial charge in [0.05, 0.1) is 12.1 Å². The summed E-state index contributed by atoms with van der Waals surface area (Å²) >= 11 is 6.11. The molecule has 0 aliphatic heterocycles. The highest BCUT2D eigenvalue weighted by Gasteiger charge is 2.14. The predicted octanol–water partition coefficient (Wildman–Crippen LogP) is 3.63. The van der Waals surface area contributed by atoms with Crippen LogP contribution in [0.25, 0.3) is 16.7 Å². The standard InChI is InChI=1S/C23H21ClN4O4/c1-31-21-9-7-16(13-17(21)24)25-23(30)14-32-22-8-6-15(10-11-29)12-20(22)28-26-18-4-2-3-5-19(18)27-28/h2-9,12-13,29H,10-11,14H2,1H3,(H,25,30). The Morgan fingerprint density at radius 3 is 2.44 bits per heavy atom. The van der Waals surface area contributed by atoms with Gasteiger partial charge >= 0.3 is 0 Å². The van der Waals surface area contributed by atoms with Crippen LogP contribution in [0.4, 0.5) is 5.69 Å². The summed E-state index contributed by atoms with van der Waals surface area (Å²) in [6, 6.07) is 17.9. The normalized spacial score (nSPS) is 10.8. The Hall–Kier alpha value is -3.62. The second-order valence-electron chi connectivity index (χ2n) is 6.94. The number of ether oxygens (including phenoxy) is 2.